The van der Waals surface area contributed by atoms with Gasteiger partial charge in [0.15, 0.2) is 0 Å². The monoisotopic (exact) mass is 1170 g/mol. The van der Waals surface area contributed by atoms with Crippen LogP contribution in [0.3, 0.4) is 0 Å². The van der Waals surface area contributed by atoms with E-state index in [0.717, 1.165) is 77.1 Å². The van der Waals surface area contributed by atoms with Gasteiger partial charge < -0.3 is 47.3 Å². The van der Waals surface area contributed by atoms with E-state index in [4.69, 9.17) is 27.7 Å². The summed E-state index contributed by atoms with van der Waals surface area (Å²) >= 11 is 0. The minimum absolute atomic E-state index is 0.0354. The molecule has 17 heteroatoms. The number of hydrogen-bond acceptors (Lipinski definition) is 9. The van der Waals surface area contributed by atoms with Gasteiger partial charge in [-0.3, -0.25) is 38.4 Å². The molecule has 0 bridgehead atoms. The fraction of sp³-hybridized carbons (Fsp3) is 0.879. The van der Waals surface area contributed by atoms with Crippen molar-refractivity contribution in [3.05, 3.63) is 0 Å². The van der Waals surface area contributed by atoms with Gasteiger partial charge in [0, 0.05) is 91.3 Å². The van der Waals surface area contributed by atoms with Gasteiger partial charge in [0.25, 0.3) is 0 Å². The molecule has 6 atom stereocenters. The summed E-state index contributed by atoms with van der Waals surface area (Å²) in [5.74, 6) is -0.214. The smallest absolute Gasteiger partial charge is 0.223 e. The van der Waals surface area contributed by atoms with Crippen molar-refractivity contribution < 1.29 is 43.1 Å². The van der Waals surface area contributed by atoms with Crippen LogP contribution >= 0.6 is 0 Å². The molecule has 4 fully saturated rings. The second-order valence-corrected chi connectivity index (χ2v) is 25.2. The van der Waals surface area contributed by atoms with Crippen LogP contribution in [-0.4, -0.2) is 132 Å². The Bertz CT molecular complexity index is 1800. The van der Waals surface area contributed by atoms with Gasteiger partial charge in [0.05, 0.1) is 23.7 Å². The van der Waals surface area contributed by atoms with E-state index in [1.165, 1.54) is 148 Å². The lowest BCUT2D eigenvalue weighted by atomic mass is 9.99. The Morgan fingerprint density at radius 2 is 0.699 bits per heavy atom. The van der Waals surface area contributed by atoms with Gasteiger partial charge >= 0.3 is 0 Å². The first-order valence-electron chi connectivity index (χ1n) is 33.7. The highest BCUT2D eigenvalue weighted by molar-refractivity contribution is 5.90. The van der Waals surface area contributed by atoms with Crippen LogP contribution < -0.4 is 22.9 Å². The van der Waals surface area contributed by atoms with Gasteiger partial charge in [-0.05, 0) is 49.9 Å². The molecule has 17 nitrogen and oxygen atoms in total. The Balaban J connectivity index is 0.000000562. The van der Waals surface area contributed by atoms with E-state index in [9.17, 15) is 38.4 Å². The second-order valence-electron chi connectivity index (χ2n) is 25.2. The molecular weight excluding hydrogens is 1050 g/mol. The van der Waals surface area contributed by atoms with E-state index in [0.29, 0.717) is 70.4 Å². The van der Waals surface area contributed by atoms with Crippen molar-refractivity contribution in [1.82, 2.24) is 19.6 Å². The molecule has 4 heterocycles. The van der Waals surface area contributed by atoms with Crippen LogP contribution in [0.25, 0.3) is 0 Å². The highest BCUT2D eigenvalue weighted by Crippen LogP contribution is 2.24. The lowest BCUT2D eigenvalue weighted by Crippen LogP contribution is -2.32. The zero-order valence-corrected chi connectivity index (χ0v) is 53.9. The van der Waals surface area contributed by atoms with Crippen LogP contribution in [0.4, 0.5) is 0 Å². The summed E-state index contributed by atoms with van der Waals surface area (Å²) in [7, 11) is 0. The molecule has 4 aliphatic rings. The Labute approximate surface area is 504 Å². The predicted octanol–water partition coefficient (Wildman–Crippen LogP) is 11.0. The Morgan fingerprint density at radius 3 is 1.02 bits per heavy atom. The fourth-order valence-corrected chi connectivity index (χ4v) is 11.5. The van der Waals surface area contributed by atoms with Gasteiger partial charge in [0.2, 0.25) is 47.3 Å². The van der Waals surface area contributed by atoms with Crippen LogP contribution in [0.5, 0.6) is 0 Å². The van der Waals surface area contributed by atoms with Crippen LogP contribution in [0.15, 0.2) is 0 Å². The Hall–Kier alpha value is -4.28. The average Bonchev–Trinajstić information content (AvgIpc) is 4.37. The second kappa shape index (κ2) is 47.9. The predicted molar refractivity (Wildman–Crippen MR) is 335 cm³/mol. The largest absolute Gasteiger partial charge is 0.381 e. The van der Waals surface area contributed by atoms with Crippen LogP contribution in [-0.2, 0) is 43.1 Å². The summed E-state index contributed by atoms with van der Waals surface area (Å²) in [5, 5.41) is 0. The maximum absolute atomic E-state index is 11.8. The highest BCUT2D eigenvalue weighted by Gasteiger charge is 2.36. The summed E-state index contributed by atoms with van der Waals surface area (Å²) in [6, 6.07) is 0. The summed E-state index contributed by atoms with van der Waals surface area (Å²) in [6.45, 7) is 22.1. The number of rotatable bonds is 44. The Morgan fingerprint density at radius 1 is 0.398 bits per heavy atom. The molecule has 8 amide bonds. The van der Waals surface area contributed by atoms with Crippen molar-refractivity contribution in [3.8, 4) is 0 Å². The standard InChI is InChI=1S/C23H44N2O2.C16H30N2O3.C14H26N2O2.C13H24N2O2/c1-2-3-4-5-6-7-8-9-10-11-12-13-14-15-16-17-18-25-20-21(23(24)27)19-22(25)26;1-3-5-7-13(4-2)12-21-9-6-8-18-11-14(16(17)20)10-15(18)19;1-11(2)7-5-3-4-6-8-16-10-12(14(15)18)9-13(16)17;1-3-5-6-10(4-2)8-15-9-11(13(14)17)7-12(15)16/h21H,2-20H2,1H3,(H2,24,27);13-14H,3-12H2,1-2H3,(H2,17,20);11-12H,3-10H2,1-2H3,(H2,15,18);10-11H,3-9H2,1-2H3,(H2,14,17). The molecule has 8 N–H and O–H groups in total. The summed E-state index contributed by atoms with van der Waals surface area (Å²) in [6.07, 6.45) is 39.2. The number of likely N-dealkylation sites (tertiary alicyclic amines) is 4. The van der Waals surface area contributed by atoms with E-state index < -0.39 is 0 Å². The van der Waals surface area contributed by atoms with E-state index in [1.807, 2.05) is 9.80 Å². The Kier molecular flexibility index (Phi) is 44.3. The molecule has 4 aliphatic heterocycles. The van der Waals surface area contributed by atoms with E-state index in [1.54, 1.807) is 9.80 Å². The molecule has 0 radical (unpaired) electrons. The van der Waals surface area contributed by atoms with Gasteiger partial charge in [-0.2, -0.15) is 0 Å². The first kappa shape index (κ1) is 76.7. The lowest BCUT2D eigenvalue weighted by molar-refractivity contribution is -0.129. The molecule has 6 unspecified atom stereocenters. The van der Waals surface area contributed by atoms with Crippen molar-refractivity contribution in [2.45, 2.75) is 267 Å². The third kappa shape index (κ3) is 36.3. The van der Waals surface area contributed by atoms with Gasteiger partial charge in [0.1, 0.15) is 0 Å². The number of primary amides is 4. The molecule has 482 valence electrons. The average molecular weight is 1170 g/mol. The lowest BCUT2D eigenvalue weighted by Gasteiger charge is -2.23. The number of amides is 8. The first-order valence-corrected chi connectivity index (χ1v) is 33.7. The maximum atomic E-state index is 11.8. The molecule has 0 aromatic heterocycles. The number of nitrogens with zero attached hydrogens (tertiary/aromatic N) is 4. The first-order chi connectivity index (χ1) is 39.8. The maximum Gasteiger partial charge on any atom is 0.223 e. The number of carbonyl (C=O) groups is 8. The van der Waals surface area contributed by atoms with Crippen molar-refractivity contribution in [2.24, 2.45) is 64.4 Å². The number of carbonyl (C=O) groups excluding carboxylic acids is 8. The molecule has 0 aliphatic carbocycles. The van der Waals surface area contributed by atoms with E-state index in [-0.39, 0.29) is 77.3 Å². The third-order valence-electron chi connectivity index (χ3n) is 17.3. The van der Waals surface area contributed by atoms with Gasteiger partial charge in [-0.1, -0.05) is 209 Å². The molecule has 4 saturated heterocycles. The molecule has 0 aromatic carbocycles. The van der Waals surface area contributed by atoms with Crippen molar-refractivity contribution in [1.29, 1.82) is 0 Å². The van der Waals surface area contributed by atoms with Crippen molar-refractivity contribution in [2.75, 3.05) is 65.6 Å². The number of hydrogen-bond donors (Lipinski definition) is 4. The SMILES string of the molecule is CC(C)CCCCCCN1CC(C(N)=O)CC1=O.CCCCC(CC)CN1CC(C(N)=O)CC1=O.CCCCC(CC)COCCCN1CC(C(N)=O)CC1=O.CCCCCCCCCCCCCCCCCCN1CC(C(N)=O)CC1=O. The number of nitrogens with two attached hydrogens (primary N) is 4. The number of ether oxygens (including phenoxy) is 1. The van der Waals surface area contributed by atoms with Gasteiger partial charge in [-0.25, -0.2) is 0 Å². The normalized spacial score (nSPS) is 19.4. The zero-order chi connectivity index (χ0) is 61.8. The van der Waals surface area contributed by atoms with Crippen molar-refractivity contribution >= 4 is 47.3 Å². The molecule has 83 heavy (non-hydrogen) atoms. The third-order valence-corrected chi connectivity index (χ3v) is 17.3. The highest BCUT2D eigenvalue weighted by atomic mass is 16.5. The van der Waals surface area contributed by atoms with Crippen LogP contribution in [0.2, 0.25) is 0 Å². The van der Waals surface area contributed by atoms with Gasteiger partial charge in [-0.15, -0.1) is 0 Å². The molecular formula is C66H124N8O9. The molecule has 0 aromatic rings. The quantitative estimate of drug-likeness (QED) is 0.0422. The number of unbranched alkanes of at least 4 members (excludes halogenated alkanes) is 20. The molecule has 0 saturated carbocycles. The summed E-state index contributed by atoms with van der Waals surface area (Å²) < 4.78 is 5.72. The minimum Gasteiger partial charge on any atom is -0.381 e. The topological polar surface area (TPSA) is 263 Å². The summed E-state index contributed by atoms with van der Waals surface area (Å²) in [4.78, 5) is 98.3. The van der Waals surface area contributed by atoms with Crippen molar-refractivity contribution in [3.63, 3.8) is 0 Å². The van der Waals surface area contributed by atoms with E-state index in [2.05, 4.69) is 48.5 Å². The minimum atomic E-state index is -0.371. The summed E-state index contributed by atoms with van der Waals surface area (Å²) in [5.41, 5.74) is 21.0. The molecule has 4 rings (SSSR count). The van der Waals surface area contributed by atoms with E-state index >= 15 is 0 Å². The van der Waals surface area contributed by atoms with Crippen LogP contribution in [0.1, 0.15) is 267 Å². The van der Waals surface area contributed by atoms with Crippen LogP contribution in [0, 0.1) is 41.4 Å². The molecule has 0 spiro atoms. The fourth-order valence-electron chi connectivity index (χ4n) is 11.5. The zero-order valence-electron chi connectivity index (χ0n) is 53.9.